The number of halogens is 3. The Hall–Kier alpha value is -2.43. The fourth-order valence-electron chi connectivity index (χ4n) is 0.782. The molecule has 0 saturated carbocycles. The average molecular weight is 244 g/mol. The first kappa shape index (κ1) is 12.6. The number of nitrogens with zero attached hydrogens (tertiary/aromatic N) is 2. The molecule has 0 aliphatic rings. The van der Waals surface area contributed by atoms with Crippen molar-refractivity contribution in [3.63, 3.8) is 0 Å². The van der Waals surface area contributed by atoms with Crippen molar-refractivity contribution in [2.45, 2.75) is 6.18 Å². The Balaban J connectivity index is 2.78. The number of ether oxygens (including phenoxy) is 1. The van der Waals surface area contributed by atoms with Crippen LogP contribution in [0.25, 0.3) is 0 Å². The Morgan fingerprint density at radius 2 is 2.00 bits per heavy atom. The van der Waals surface area contributed by atoms with Gasteiger partial charge in [0.15, 0.2) is 0 Å². The lowest BCUT2D eigenvalue weighted by atomic mass is 10.2. The van der Waals surface area contributed by atoms with Gasteiger partial charge in [0.05, 0.1) is 5.56 Å². The van der Waals surface area contributed by atoms with Gasteiger partial charge >= 0.3 is 18.1 Å². The van der Waals surface area contributed by atoms with Crippen LogP contribution in [0, 0.1) is 11.3 Å². The summed E-state index contributed by atoms with van der Waals surface area (Å²) in [6.07, 6.45) is -4.40. The Morgan fingerprint density at radius 1 is 1.35 bits per heavy atom. The standard InChI is InChI=1S/C9H3F3N2O3/c10-9(11,12)8(16)17-7(15)5-1-2-6(3-13)14-4-5/h1-2,4H. The van der Waals surface area contributed by atoms with Crippen LogP contribution in [-0.4, -0.2) is 23.1 Å². The van der Waals surface area contributed by atoms with Crippen LogP contribution in [0.2, 0.25) is 0 Å². The first-order chi connectivity index (χ1) is 7.84. The molecule has 0 bridgehead atoms. The zero-order valence-corrected chi connectivity index (χ0v) is 7.99. The van der Waals surface area contributed by atoms with Gasteiger partial charge in [-0.1, -0.05) is 0 Å². The lowest BCUT2D eigenvalue weighted by Crippen LogP contribution is -2.28. The minimum Gasteiger partial charge on any atom is -0.383 e. The number of carbonyl (C=O) groups is 2. The van der Waals surface area contributed by atoms with Gasteiger partial charge in [-0.25, -0.2) is 14.6 Å². The van der Waals surface area contributed by atoms with Crippen LogP contribution in [0.3, 0.4) is 0 Å². The molecule has 0 radical (unpaired) electrons. The molecule has 1 rings (SSSR count). The highest BCUT2D eigenvalue weighted by Crippen LogP contribution is 2.17. The predicted molar refractivity (Wildman–Crippen MR) is 45.4 cm³/mol. The van der Waals surface area contributed by atoms with E-state index in [4.69, 9.17) is 5.26 Å². The van der Waals surface area contributed by atoms with E-state index >= 15 is 0 Å². The second-order valence-electron chi connectivity index (χ2n) is 2.72. The number of esters is 2. The van der Waals surface area contributed by atoms with Crippen molar-refractivity contribution in [1.29, 1.82) is 5.26 Å². The van der Waals surface area contributed by atoms with E-state index in [0.29, 0.717) is 0 Å². The van der Waals surface area contributed by atoms with Gasteiger partial charge in [-0.2, -0.15) is 18.4 Å². The smallest absolute Gasteiger partial charge is 0.383 e. The topological polar surface area (TPSA) is 80.0 Å². The molecule has 0 aliphatic heterocycles. The Morgan fingerprint density at radius 3 is 2.41 bits per heavy atom. The maximum atomic E-state index is 11.8. The zero-order valence-electron chi connectivity index (χ0n) is 7.99. The van der Waals surface area contributed by atoms with Crippen molar-refractivity contribution in [3.05, 3.63) is 29.6 Å². The highest BCUT2D eigenvalue weighted by atomic mass is 19.4. The van der Waals surface area contributed by atoms with Gasteiger partial charge in [0, 0.05) is 6.20 Å². The second kappa shape index (κ2) is 4.61. The summed E-state index contributed by atoms with van der Waals surface area (Å²) in [5.74, 6) is -4.09. The molecule has 8 heteroatoms. The van der Waals surface area contributed by atoms with Crippen molar-refractivity contribution in [2.24, 2.45) is 0 Å². The average Bonchev–Trinajstić information content (AvgIpc) is 2.27. The highest BCUT2D eigenvalue weighted by molar-refractivity contribution is 5.97. The number of rotatable bonds is 1. The van der Waals surface area contributed by atoms with Crippen LogP contribution < -0.4 is 0 Å². The first-order valence-electron chi connectivity index (χ1n) is 4.04. The Bertz CT molecular complexity index is 488. The summed E-state index contributed by atoms with van der Waals surface area (Å²) in [5, 5.41) is 8.39. The van der Waals surface area contributed by atoms with Crippen LogP contribution in [0.1, 0.15) is 16.1 Å². The molecular weight excluding hydrogens is 241 g/mol. The van der Waals surface area contributed by atoms with Crippen molar-refractivity contribution in [1.82, 2.24) is 4.98 Å². The third kappa shape index (κ3) is 3.27. The summed E-state index contributed by atoms with van der Waals surface area (Å²) in [4.78, 5) is 24.8. The largest absolute Gasteiger partial charge is 0.491 e. The van der Waals surface area contributed by atoms with Gasteiger partial charge in [-0.3, -0.25) is 0 Å². The minimum absolute atomic E-state index is 0.0244. The van der Waals surface area contributed by atoms with Crippen molar-refractivity contribution in [2.75, 3.05) is 0 Å². The molecule has 0 amide bonds. The van der Waals surface area contributed by atoms with Gasteiger partial charge in [0.25, 0.3) is 0 Å². The van der Waals surface area contributed by atoms with Crippen LogP contribution >= 0.6 is 0 Å². The predicted octanol–water partition coefficient (Wildman–Crippen LogP) is 1.20. The summed E-state index contributed by atoms with van der Waals surface area (Å²) < 4.78 is 38.8. The summed E-state index contributed by atoms with van der Waals surface area (Å²) in [7, 11) is 0. The summed E-state index contributed by atoms with van der Waals surface area (Å²) in [6, 6.07) is 3.78. The number of nitriles is 1. The lowest BCUT2D eigenvalue weighted by molar-refractivity contribution is -0.193. The zero-order chi connectivity index (χ0) is 13.1. The van der Waals surface area contributed by atoms with Crippen molar-refractivity contribution in [3.8, 4) is 6.07 Å². The number of carbonyl (C=O) groups excluding carboxylic acids is 2. The normalized spacial score (nSPS) is 10.5. The molecule has 0 fully saturated rings. The van der Waals surface area contributed by atoms with E-state index in [1.807, 2.05) is 0 Å². The third-order valence-electron chi connectivity index (χ3n) is 1.53. The molecule has 0 spiro atoms. The SMILES string of the molecule is N#Cc1ccc(C(=O)OC(=O)C(F)(F)F)cn1. The number of alkyl halides is 3. The molecule has 0 aliphatic carbocycles. The molecule has 0 atom stereocenters. The third-order valence-corrected chi connectivity index (χ3v) is 1.53. The quantitative estimate of drug-likeness (QED) is 0.547. The summed E-state index contributed by atoms with van der Waals surface area (Å²) in [5.41, 5.74) is -0.384. The molecule has 0 aromatic carbocycles. The Labute approximate surface area is 92.4 Å². The molecule has 1 aromatic rings. The number of aromatic nitrogens is 1. The van der Waals surface area contributed by atoms with Crippen LogP contribution in [0.15, 0.2) is 18.3 Å². The molecule has 5 nitrogen and oxygen atoms in total. The van der Waals surface area contributed by atoms with Crippen LogP contribution in [-0.2, 0) is 9.53 Å². The molecule has 88 valence electrons. The van der Waals surface area contributed by atoms with E-state index < -0.39 is 18.1 Å². The molecule has 1 aromatic heterocycles. The van der Waals surface area contributed by atoms with Gasteiger partial charge in [0.2, 0.25) is 0 Å². The summed E-state index contributed by atoms with van der Waals surface area (Å²) >= 11 is 0. The monoisotopic (exact) mass is 244 g/mol. The van der Waals surface area contributed by atoms with Crippen molar-refractivity contribution >= 4 is 11.9 Å². The lowest BCUT2D eigenvalue weighted by Gasteiger charge is -2.04. The van der Waals surface area contributed by atoms with E-state index in [9.17, 15) is 22.8 Å². The maximum absolute atomic E-state index is 11.8. The van der Waals surface area contributed by atoms with Gasteiger partial charge in [-0.05, 0) is 12.1 Å². The second-order valence-corrected chi connectivity index (χ2v) is 2.72. The van der Waals surface area contributed by atoms with Gasteiger partial charge in [-0.15, -0.1) is 0 Å². The Kier molecular flexibility index (Phi) is 3.43. The van der Waals surface area contributed by atoms with E-state index in [1.54, 1.807) is 6.07 Å². The van der Waals surface area contributed by atoms with E-state index in [0.717, 1.165) is 18.3 Å². The molecule has 17 heavy (non-hydrogen) atoms. The summed E-state index contributed by atoms with van der Waals surface area (Å²) in [6.45, 7) is 0. The highest BCUT2D eigenvalue weighted by Gasteiger charge is 2.42. The van der Waals surface area contributed by atoms with E-state index in [-0.39, 0.29) is 11.3 Å². The maximum Gasteiger partial charge on any atom is 0.491 e. The van der Waals surface area contributed by atoms with E-state index in [1.165, 1.54) is 0 Å². The molecule has 0 unspecified atom stereocenters. The number of hydrogen-bond donors (Lipinski definition) is 0. The fourth-order valence-corrected chi connectivity index (χ4v) is 0.782. The number of hydrogen-bond acceptors (Lipinski definition) is 5. The molecular formula is C9H3F3N2O3. The van der Waals surface area contributed by atoms with Crippen LogP contribution in [0.4, 0.5) is 13.2 Å². The molecule has 0 N–H and O–H groups in total. The molecule has 1 heterocycles. The van der Waals surface area contributed by atoms with E-state index in [2.05, 4.69) is 9.72 Å². The first-order valence-corrected chi connectivity index (χ1v) is 4.04. The fraction of sp³-hybridized carbons (Fsp3) is 0.111. The van der Waals surface area contributed by atoms with Crippen LogP contribution in [0.5, 0.6) is 0 Å². The van der Waals surface area contributed by atoms with Crippen molar-refractivity contribution < 1.29 is 27.5 Å². The van der Waals surface area contributed by atoms with Gasteiger partial charge in [0.1, 0.15) is 11.8 Å². The number of pyridine rings is 1. The minimum atomic E-state index is -5.24. The van der Waals surface area contributed by atoms with Gasteiger partial charge < -0.3 is 4.74 Å². The molecule has 0 saturated heterocycles.